The van der Waals surface area contributed by atoms with Crippen molar-refractivity contribution in [3.8, 4) is 5.75 Å². The molecule has 0 radical (unpaired) electrons. The Balaban J connectivity index is 1.71. The number of carbonyl (C=O) groups excluding carboxylic acids is 1. The van der Waals surface area contributed by atoms with Crippen molar-refractivity contribution in [3.05, 3.63) is 64.8 Å². The van der Waals surface area contributed by atoms with E-state index in [-0.39, 0.29) is 12.6 Å². The Hall–Kier alpha value is -3.01. The maximum atomic E-state index is 13.3. The lowest BCUT2D eigenvalue weighted by molar-refractivity contribution is 0.0245. The van der Waals surface area contributed by atoms with E-state index in [0.29, 0.717) is 32.8 Å². The number of methoxy groups -OCH3 is 2. The highest BCUT2D eigenvalue weighted by Gasteiger charge is 2.31. The third kappa shape index (κ3) is 6.77. The summed E-state index contributed by atoms with van der Waals surface area (Å²) >= 11 is 0. The highest BCUT2D eigenvalue weighted by Crippen LogP contribution is 2.36. The van der Waals surface area contributed by atoms with Gasteiger partial charge in [0.25, 0.3) is 6.43 Å². The average molecular weight is 544 g/mol. The molecule has 4 rings (SSSR count). The van der Waals surface area contributed by atoms with E-state index in [1.807, 2.05) is 56.9 Å². The molecule has 0 aliphatic carbocycles. The van der Waals surface area contributed by atoms with E-state index in [9.17, 15) is 13.6 Å². The minimum atomic E-state index is -2.38. The van der Waals surface area contributed by atoms with Crippen LogP contribution in [-0.2, 0) is 22.6 Å². The van der Waals surface area contributed by atoms with Crippen LogP contribution < -0.4 is 4.74 Å². The third-order valence-corrected chi connectivity index (χ3v) is 7.05. The molecule has 1 unspecified atom stereocenters. The highest BCUT2D eigenvalue weighted by molar-refractivity contribution is 5.95. The number of fused-ring (bicyclic) bond motifs is 1. The monoisotopic (exact) mass is 543 g/mol. The first-order valence-corrected chi connectivity index (χ1v) is 13.2. The van der Waals surface area contributed by atoms with Gasteiger partial charge in [0.2, 0.25) is 0 Å². The molecule has 0 amide bonds. The number of hydrogen-bond acceptors (Lipinski definition) is 6. The fraction of sp³-hybridized carbons (Fsp3) is 0.500. The Labute approximate surface area is 229 Å². The number of rotatable bonds is 8. The summed E-state index contributed by atoms with van der Waals surface area (Å²) in [6.07, 6.45) is -1.08. The molecule has 7 nitrogen and oxygen atoms in total. The Morgan fingerprint density at radius 1 is 1.10 bits per heavy atom. The zero-order chi connectivity index (χ0) is 28.3. The van der Waals surface area contributed by atoms with Crippen LogP contribution in [0, 0.1) is 6.92 Å². The van der Waals surface area contributed by atoms with Crippen LogP contribution in [0.4, 0.5) is 13.6 Å². The number of piperazine rings is 1. The van der Waals surface area contributed by atoms with Gasteiger partial charge in [-0.05, 0) is 56.5 Å². The van der Waals surface area contributed by atoms with Crippen molar-refractivity contribution in [2.45, 2.75) is 58.9 Å². The molecule has 1 aliphatic heterocycles. The molecule has 0 spiro atoms. The molecular weight excluding hydrogens is 504 g/mol. The van der Waals surface area contributed by atoms with Gasteiger partial charge in [0.1, 0.15) is 11.4 Å². The number of carbonyl (C=O) groups is 1. The number of nitrogens with zero attached hydrogens (tertiary/aromatic N) is 3. The quantitative estimate of drug-likeness (QED) is 0.347. The Bertz CT molecular complexity index is 1280. The summed E-state index contributed by atoms with van der Waals surface area (Å²) in [5.41, 5.74) is 4.11. The van der Waals surface area contributed by atoms with Crippen LogP contribution in [0.1, 0.15) is 49.1 Å². The van der Waals surface area contributed by atoms with E-state index in [1.165, 1.54) is 0 Å². The molecule has 1 aromatic heterocycles. The summed E-state index contributed by atoms with van der Waals surface area (Å²) in [4.78, 5) is 17.1. The van der Waals surface area contributed by atoms with Crippen LogP contribution in [0.3, 0.4) is 0 Å². The van der Waals surface area contributed by atoms with Gasteiger partial charge in [-0.15, -0.1) is 0 Å². The Kier molecular flexibility index (Phi) is 8.93. The van der Waals surface area contributed by atoms with Gasteiger partial charge < -0.3 is 14.2 Å². The standard InChI is InChI=1S/C30H39F2N3O4/c1-20-15-26(38-6)24(23-11-12-35(28(20)23)29(36)39-30(2,3)4)16-34-14-13-33(18-27(31)32)17-25(34)22-9-7-21(8-10-22)19-37-5/h7-12,15,25,27H,13-14,16-19H2,1-6H3. The second kappa shape index (κ2) is 12.0. The second-order valence-electron chi connectivity index (χ2n) is 11.1. The van der Waals surface area contributed by atoms with Crippen molar-refractivity contribution in [1.82, 2.24) is 14.4 Å². The molecule has 1 atom stereocenters. The van der Waals surface area contributed by atoms with Crippen LogP contribution in [0.2, 0.25) is 0 Å². The zero-order valence-corrected chi connectivity index (χ0v) is 23.7. The lowest BCUT2D eigenvalue weighted by atomic mass is 9.98. The molecule has 3 aromatic rings. The maximum absolute atomic E-state index is 13.3. The smallest absolute Gasteiger partial charge is 0.419 e. The van der Waals surface area contributed by atoms with Gasteiger partial charge in [0.15, 0.2) is 0 Å². The normalized spacial score (nSPS) is 17.2. The van der Waals surface area contributed by atoms with Gasteiger partial charge in [0, 0.05) is 56.5 Å². The first-order valence-electron chi connectivity index (χ1n) is 13.2. The van der Waals surface area contributed by atoms with Crippen molar-refractivity contribution in [3.63, 3.8) is 0 Å². The number of ether oxygens (including phenoxy) is 3. The minimum Gasteiger partial charge on any atom is -0.496 e. The van der Waals surface area contributed by atoms with Crippen molar-refractivity contribution in [2.75, 3.05) is 40.4 Å². The average Bonchev–Trinajstić information content (AvgIpc) is 3.32. The first kappa shape index (κ1) is 29.0. The van der Waals surface area contributed by atoms with Gasteiger partial charge in [0.05, 0.1) is 25.8 Å². The number of aryl methyl sites for hydroxylation is 1. The molecule has 2 heterocycles. The van der Waals surface area contributed by atoms with Gasteiger partial charge in [-0.1, -0.05) is 24.3 Å². The second-order valence-corrected chi connectivity index (χ2v) is 11.1. The first-order chi connectivity index (χ1) is 18.5. The predicted molar refractivity (Wildman–Crippen MR) is 148 cm³/mol. The van der Waals surface area contributed by atoms with Crippen molar-refractivity contribution >= 4 is 17.0 Å². The summed E-state index contributed by atoms with van der Waals surface area (Å²) < 4.78 is 44.8. The molecule has 2 aromatic carbocycles. The maximum Gasteiger partial charge on any atom is 0.419 e. The fourth-order valence-corrected chi connectivity index (χ4v) is 5.32. The van der Waals surface area contributed by atoms with Crippen LogP contribution in [0.15, 0.2) is 42.6 Å². The van der Waals surface area contributed by atoms with Crippen LogP contribution in [0.25, 0.3) is 10.9 Å². The largest absolute Gasteiger partial charge is 0.496 e. The summed E-state index contributed by atoms with van der Waals surface area (Å²) in [6.45, 7) is 9.91. The summed E-state index contributed by atoms with van der Waals surface area (Å²) in [5, 5.41) is 0.905. The van der Waals surface area contributed by atoms with E-state index in [4.69, 9.17) is 14.2 Å². The number of alkyl halides is 2. The molecule has 0 N–H and O–H groups in total. The van der Waals surface area contributed by atoms with E-state index in [2.05, 4.69) is 17.0 Å². The molecule has 1 saturated heterocycles. The van der Waals surface area contributed by atoms with E-state index in [0.717, 1.165) is 38.9 Å². The lowest BCUT2D eigenvalue weighted by Gasteiger charge is -2.42. The van der Waals surface area contributed by atoms with Crippen molar-refractivity contribution in [2.24, 2.45) is 0 Å². The fourth-order valence-electron chi connectivity index (χ4n) is 5.32. The molecule has 0 bridgehead atoms. The van der Waals surface area contributed by atoms with Crippen LogP contribution >= 0.6 is 0 Å². The van der Waals surface area contributed by atoms with Gasteiger partial charge in [-0.2, -0.15) is 0 Å². The molecule has 9 heteroatoms. The van der Waals surface area contributed by atoms with E-state index in [1.54, 1.807) is 25.0 Å². The van der Waals surface area contributed by atoms with Crippen LogP contribution in [0.5, 0.6) is 5.75 Å². The highest BCUT2D eigenvalue weighted by atomic mass is 19.3. The molecule has 0 saturated carbocycles. The zero-order valence-electron chi connectivity index (χ0n) is 23.7. The van der Waals surface area contributed by atoms with Gasteiger partial charge >= 0.3 is 6.09 Å². The SMILES string of the molecule is COCc1ccc(C2CN(CC(F)F)CCN2Cc2c(OC)cc(C)c3c2ccn3C(=O)OC(C)(C)C)cc1. The molecular formula is C30H39F2N3O4. The molecule has 1 fully saturated rings. The number of benzene rings is 2. The van der Waals surface area contributed by atoms with Crippen LogP contribution in [-0.4, -0.2) is 72.9 Å². The molecule has 1 aliphatic rings. The Morgan fingerprint density at radius 2 is 1.82 bits per heavy atom. The lowest BCUT2D eigenvalue weighted by Crippen LogP contribution is -2.49. The van der Waals surface area contributed by atoms with Gasteiger partial charge in [-0.25, -0.2) is 13.6 Å². The summed E-state index contributed by atoms with van der Waals surface area (Å²) in [7, 11) is 3.30. The number of halogens is 2. The molecule has 39 heavy (non-hydrogen) atoms. The molecule has 212 valence electrons. The number of aromatic nitrogens is 1. The Morgan fingerprint density at radius 3 is 2.44 bits per heavy atom. The summed E-state index contributed by atoms with van der Waals surface area (Å²) in [6, 6.07) is 11.9. The topological polar surface area (TPSA) is 56.2 Å². The number of hydrogen-bond donors (Lipinski definition) is 0. The minimum absolute atomic E-state index is 0.0944. The third-order valence-electron chi connectivity index (χ3n) is 7.05. The van der Waals surface area contributed by atoms with Gasteiger partial charge in [-0.3, -0.25) is 14.4 Å². The summed E-state index contributed by atoms with van der Waals surface area (Å²) in [5.74, 6) is 0.728. The van der Waals surface area contributed by atoms with E-state index >= 15 is 0 Å². The predicted octanol–water partition coefficient (Wildman–Crippen LogP) is 6.01. The van der Waals surface area contributed by atoms with E-state index < -0.39 is 18.1 Å². The van der Waals surface area contributed by atoms with Crippen molar-refractivity contribution in [1.29, 1.82) is 0 Å². The van der Waals surface area contributed by atoms with Crippen molar-refractivity contribution < 1.29 is 27.8 Å².